The number of aromatic nitrogens is 2. The molecule has 0 saturated carbocycles. The first-order chi connectivity index (χ1) is 7.15. The third kappa shape index (κ3) is 2.48. The summed E-state index contributed by atoms with van der Waals surface area (Å²) in [4.78, 5) is 0. The Morgan fingerprint density at radius 2 is 2.07 bits per heavy atom. The Balaban J connectivity index is 2.27. The van der Waals surface area contributed by atoms with Crippen molar-refractivity contribution in [2.75, 3.05) is 0 Å². The number of hydrogen-bond donors (Lipinski definition) is 0. The molecular weight excluding hydrogens is 290 g/mol. The van der Waals surface area contributed by atoms with Gasteiger partial charge >= 0.3 is 0 Å². The maximum Gasteiger partial charge on any atom is 0.300 e. The lowest BCUT2D eigenvalue weighted by Crippen LogP contribution is -1.89. The van der Waals surface area contributed by atoms with Crippen LogP contribution in [0.4, 0.5) is 8.78 Å². The lowest BCUT2D eigenvalue weighted by Gasteiger charge is -2.01. The Morgan fingerprint density at radius 1 is 1.27 bits per heavy atom. The average molecular weight is 293 g/mol. The Bertz CT molecular complexity index is 491. The SMILES string of the molecule is Fc1ccc(F)c(Oc2nnc(Br)s2)c1. The third-order valence-electron chi connectivity index (χ3n) is 1.47. The Hall–Kier alpha value is -1.08. The largest absolute Gasteiger partial charge is 0.427 e. The van der Waals surface area contributed by atoms with E-state index < -0.39 is 11.6 Å². The van der Waals surface area contributed by atoms with Gasteiger partial charge in [0.25, 0.3) is 5.19 Å². The maximum atomic E-state index is 13.1. The van der Waals surface area contributed by atoms with Gasteiger partial charge in [-0.3, -0.25) is 0 Å². The normalized spacial score (nSPS) is 10.3. The van der Waals surface area contributed by atoms with E-state index in [1.165, 1.54) is 0 Å². The van der Waals surface area contributed by atoms with E-state index in [4.69, 9.17) is 4.74 Å². The highest BCUT2D eigenvalue weighted by Gasteiger charge is 2.09. The molecule has 0 amide bonds. The minimum absolute atomic E-state index is 0.145. The van der Waals surface area contributed by atoms with E-state index in [0.29, 0.717) is 3.92 Å². The molecular formula is C8H3BrF2N2OS. The van der Waals surface area contributed by atoms with Crippen LogP contribution in [0.15, 0.2) is 22.1 Å². The van der Waals surface area contributed by atoms with Gasteiger partial charge in [0.05, 0.1) is 0 Å². The van der Waals surface area contributed by atoms with Gasteiger partial charge < -0.3 is 4.74 Å². The summed E-state index contributed by atoms with van der Waals surface area (Å²) in [5, 5.41) is 7.35. The van der Waals surface area contributed by atoms with Gasteiger partial charge in [0.15, 0.2) is 15.5 Å². The molecule has 0 N–H and O–H groups in total. The number of nitrogens with zero attached hydrogens (tertiary/aromatic N) is 2. The molecule has 3 nitrogen and oxygen atoms in total. The first-order valence-corrected chi connectivity index (χ1v) is 5.38. The molecule has 1 heterocycles. The first-order valence-electron chi connectivity index (χ1n) is 3.77. The molecule has 0 aliphatic heterocycles. The van der Waals surface area contributed by atoms with E-state index in [0.717, 1.165) is 29.5 Å². The molecule has 78 valence electrons. The van der Waals surface area contributed by atoms with Crippen LogP contribution in [0, 0.1) is 11.6 Å². The molecule has 0 aliphatic rings. The number of rotatable bonds is 2. The second kappa shape index (κ2) is 4.19. The van der Waals surface area contributed by atoms with Crippen LogP contribution in [-0.4, -0.2) is 10.2 Å². The van der Waals surface area contributed by atoms with Crippen molar-refractivity contribution >= 4 is 27.3 Å². The van der Waals surface area contributed by atoms with Crippen molar-refractivity contribution in [3.8, 4) is 10.9 Å². The summed E-state index contributed by atoms with van der Waals surface area (Å²) in [6.45, 7) is 0. The summed E-state index contributed by atoms with van der Waals surface area (Å²) in [5.41, 5.74) is 0. The lowest BCUT2D eigenvalue weighted by molar-refractivity contribution is 0.430. The summed E-state index contributed by atoms with van der Waals surface area (Å²) < 4.78 is 31.4. The molecule has 1 aromatic carbocycles. The minimum Gasteiger partial charge on any atom is -0.427 e. The fourth-order valence-electron chi connectivity index (χ4n) is 0.884. The van der Waals surface area contributed by atoms with Gasteiger partial charge in [0.2, 0.25) is 0 Å². The molecule has 7 heteroatoms. The fourth-order valence-corrected chi connectivity index (χ4v) is 1.82. The summed E-state index contributed by atoms with van der Waals surface area (Å²) in [7, 11) is 0. The summed E-state index contributed by atoms with van der Waals surface area (Å²) in [6.07, 6.45) is 0. The van der Waals surface area contributed by atoms with Crippen LogP contribution in [0.2, 0.25) is 0 Å². The smallest absolute Gasteiger partial charge is 0.300 e. The van der Waals surface area contributed by atoms with Crippen LogP contribution >= 0.6 is 27.3 Å². The maximum absolute atomic E-state index is 13.1. The minimum atomic E-state index is -0.650. The van der Waals surface area contributed by atoms with Gasteiger partial charge in [-0.05, 0) is 39.4 Å². The molecule has 0 atom stereocenters. The zero-order valence-electron chi connectivity index (χ0n) is 7.08. The number of benzene rings is 1. The predicted octanol–water partition coefficient (Wildman–Crippen LogP) is 3.37. The summed E-state index contributed by atoms with van der Waals surface area (Å²) in [5.74, 6) is -1.43. The second-order valence-electron chi connectivity index (χ2n) is 2.50. The summed E-state index contributed by atoms with van der Waals surface area (Å²) in [6, 6.07) is 2.95. The fraction of sp³-hybridized carbons (Fsp3) is 0. The highest BCUT2D eigenvalue weighted by atomic mass is 79.9. The second-order valence-corrected chi connectivity index (χ2v) is 4.71. The van der Waals surface area contributed by atoms with Gasteiger partial charge in [0.1, 0.15) is 5.82 Å². The van der Waals surface area contributed by atoms with Gasteiger partial charge in [-0.2, -0.15) is 0 Å². The topological polar surface area (TPSA) is 35.0 Å². The van der Waals surface area contributed by atoms with Crippen LogP contribution in [0.5, 0.6) is 10.9 Å². The molecule has 0 bridgehead atoms. The highest BCUT2D eigenvalue weighted by Crippen LogP contribution is 2.29. The standard InChI is InChI=1S/C8H3BrF2N2OS/c9-7-12-13-8(15-7)14-6-3-4(10)1-2-5(6)11/h1-3H. The van der Waals surface area contributed by atoms with Crippen molar-refractivity contribution in [1.82, 2.24) is 10.2 Å². The van der Waals surface area contributed by atoms with Crippen molar-refractivity contribution in [3.63, 3.8) is 0 Å². The molecule has 0 spiro atoms. The van der Waals surface area contributed by atoms with Crippen LogP contribution in [0.1, 0.15) is 0 Å². The molecule has 2 rings (SSSR count). The van der Waals surface area contributed by atoms with Crippen LogP contribution in [-0.2, 0) is 0 Å². The quantitative estimate of drug-likeness (QED) is 0.851. The van der Waals surface area contributed by atoms with Crippen LogP contribution in [0.3, 0.4) is 0 Å². The van der Waals surface area contributed by atoms with E-state index >= 15 is 0 Å². The molecule has 0 fully saturated rings. The van der Waals surface area contributed by atoms with E-state index in [1.807, 2.05) is 0 Å². The molecule has 0 radical (unpaired) electrons. The average Bonchev–Trinajstić information content (AvgIpc) is 2.58. The Morgan fingerprint density at radius 3 is 2.73 bits per heavy atom. The molecule has 2 aromatic rings. The number of hydrogen-bond acceptors (Lipinski definition) is 4. The molecule has 15 heavy (non-hydrogen) atoms. The van der Waals surface area contributed by atoms with E-state index in [-0.39, 0.29) is 10.9 Å². The van der Waals surface area contributed by atoms with Crippen molar-refractivity contribution in [2.24, 2.45) is 0 Å². The Labute approximate surface area is 95.8 Å². The van der Waals surface area contributed by atoms with E-state index in [1.54, 1.807) is 0 Å². The zero-order valence-corrected chi connectivity index (χ0v) is 9.48. The van der Waals surface area contributed by atoms with Crippen molar-refractivity contribution in [3.05, 3.63) is 33.8 Å². The van der Waals surface area contributed by atoms with Gasteiger partial charge in [-0.15, -0.1) is 5.10 Å². The first kappa shape index (κ1) is 10.4. The molecule has 1 aromatic heterocycles. The van der Waals surface area contributed by atoms with Gasteiger partial charge in [-0.25, -0.2) is 8.78 Å². The Kier molecular flexibility index (Phi) is 2.92. The van der Waals surface area contributed by atoms with E-state index in [9.17, 15) is 8.78 Å². The highest BCUT2D eigenvalue weighted by molar-refractivity contribution is 9.11. The predicted molar refractivity (Wildman–Crippen MR) is 54.0 cm³/mol. The molecule has 0 aliphatic carbocycles. The van der Waals surface area contributed by atoms with Crippen molar-refractivity contribution in [1.29, 1.82) is 0 Å². The van der Waals surface area contributed by atoms with Crippen molar-refractivity contribution in [2.45, 2.75) is 0 Å². The van der Waals surface area contributed by atoms with Crippen LogP contribution in [0.25, 0.3) is 0 Å². The monoisotopic (exact) mass is 292 g/mol. The molecule has 0 unspecified atom stereocenters. The summed E-state index contributed by atoms with van der Waals surface area (Å²) >= 11 is 4.16. The molecule has 0 saturated heterocycles. The van der Waals surface area contributed by atoms with Crippen LogP contribution < -0.4 is 4.74 Å². The van der Waals surface area contributed by atoms with Crippen molar-refractivity contribution < 1.29 is 13.5 Å². The van der Waals surface area contributed by atoms with Gasteiger partial charge in [0, 0.05) is 6.07 Å². The van der Waals surface area contributed by atoms with Gasteiger partial charge in [-0.1, -0.05) is 5.10 Å². The number of halogens is 3. The zero-order chi connectivity index (χ0) is 10.8. The third-order valence-corrected chi connectivity index (χ3v) is 2.71. The van der Waals surface area contributed by atoms with E-state index in [2.05, 4.69) is 26.1 Å². The lowest BCUT2D eigenvalue weighted by atomic mass is 10.3. The number of ether oxygens (including phenoxy) is 1.